The molecule has 6 heteroatoms. The zero-order valence-electron chi connectivity index (χ0n) is 17.8. The molecule has 0 aliphatic heterocycles. The van der Waals surface area contributed by atoms with Crippen molar-refractivity contribution in [3.8, 4) is 5.75 Å². The lowest BCUT2D eigenvalue weighted by Crippen LogP contribution is -2.38. The van der Waals surface area contributed by atoms with Gasteiger partial charge in [0.1, 0.15) is 5.75 Å². The minimum absolute atomic E-state index is 0.0683. The number of nitrogens with one attached hydrogen (secondary N) is 3. The van der Waals surface area contributed by atoms with Crippen molar-refractivity contribution in [3.63, 3.8) is 0 Å². The van der Waals surface area contributed by atoms with Gasteiger partial charge in [-0.3, -0.25) is 9.79 Å². The number of rotatable bonds is 9. The maximum atomic E-state index is 11.8. The van der Waals surface area contributed by atoms with Gasteiger partial charge in [-0.15, -0.1) is 0 Å². The normalized spacial score (nSPS) is 11.1. The Morgan fingerprint density at radius 2 is 1.93 bits per heavy atom. The molecule has 0 radical (unpaired) electrons. The van der Waals surface area contributed by atoms with E-state index in [1.807, 2.05) is 37.3 Å². The number of carbonyl (C=O) groups excluding carboxylic acids is 1. The summed E-state index contributed by atoms with van der Waals surface area (Å²) in [5.41, 5.74) is 4.17. The fourth-order valence-electron chi connectivity index (χ4n) is 3.07. The van der Waals surface area contributed by atoms with E-state index < -0.39 is 0 Å². The Balaban J connectivity index is 1.91. The molecule has 0 atom stereocenters. The Bertz CT molecular complexity index is 833. The second-order valence-electron chi connectivity index (χ2n) is 6.78. The van der Waals surface area contributed by atoms with Gasteiger partial charge in [-0.2, -0.15) is 0 Å². The van der Waals surface area contributed by atoms with E-state index in [4.69, 9.17) is 4.74 Å². The van der Waals surface area contributed by atoms with Crippen LogP contribution >= 0.6 is 0 Å². The minimum atomic E-state index is -0.0683. The zero-order chi connectivity index (χ0) is 21.1. The SMILES string of the molecule is CCNC(=NCCc1cc(C)ccc1OC)NCCc1cccc(C(=O)NC)c1. The van der Waals surface area contributed by atoms with Gasteiger partial charge in [0.2, 0.25) is 0 Å². The monoisotopic (exact) mass is 396 g/mol. The molecule has 0 fully saturated rings. The van der Waals surface area contributed by atoms with Gasteiger partial charge in [-0.25, -0.2) is 0 Å². The molecule has 0 aromatic heterocycles. The van der Waals surface area contributed by atoms with Crippen LogP contribution in [0.25, 0.3) is 0 Å². The fraction of sp³-hybridized carbons (Fsp3) is 0.391. The Kier molecular flexibility index (Phi) is 9.02. The van der Waals surface area contributed by atoms with Crippen molar-refractivity contribution in [3.05, 3.63) is 64.7 Å². The van der Waals surface area contributed by atoms with Crippen LogP contribution in [-0.2, 0) is 12.8 Å². The van der Waals surface area contributed by atoms with Crippen molar-refractivity contribution in [2.24, 2.45) is 4.99 Å². The van der Waals surface area contributed by atoms with Gasteiger partial charge in [0.25, 0.3) is 5.91 Å². The molecule has 0 aliphatic carbocycles. The molecule has 6 nitrogen and oxygen atoms in total. The van der Waals surface area contributed by atoms with Crippen LogP contribution in [0, 0.1) is 6.92 Å². The zero-order valence-corrected chi connectivity index (χ0v) is 17.8. The first-order valence-corrected chi connectivity index (χ1v) is 10.0. The van der Waals surface area contributed by atoms with Crippen LogP contribution in [0.4, 0.5) is 0 Å². The predicted octanol–water partition coefficient (Wildman–Crippen LogP) is 2.70. The molecule has 1 amide bonds. The minimum Gasteiger partial charge on any atom is -0.496 e. The second kappa shape index (κ2) is 11.7. The predicted molar refractivity (Wildman–Crippen MR) is 119 cm³/mol. The van der Waals surface area contributed by atoms with Gasteiger partial charge < -0.3 is 20.7 Å². The third kappa shape index (κ3) is 7.14. The van der Waals surface area contributed by atoms with Crippen LogP contribution in [0.5, 0.6) is 5.75 Å². The summed E-state index contributed by atoms with van der Waals surface area (Å²) in [5.74, 6) is 1.63. The highest BCUT2D eigenvalue weighted by Crippen LogP contribution is 2.20. The lowest BCUT2D eigenvalue weighted by molar-refractivity contribution is 0.0963. The summed E-state index contributed by atoms with van der Waals surface area (Å²) in [6, 6.07) is 13.9. The molecule has 0 saturated carbocycles. The summed E-state index contributed by atoms with van der Waals surface area (Å²) in [6.07, 6.45) is 1.62. The van der Waals surface area contributed by atoms with E-state index in [-0.39, 0.29) is 5.91 Å². The van der Waals surface area contributed by atoms with Crippen molar-refractivity contribution in [1.82, 2.24) is 16.0 Å². The van der Waals surface area contributed by atoms with Gasteiger partial charge in [-0.1, -0.05) is 29.8 Å². The van der Waals surface area contributed by atoms with E-state index in [1.165, 1.54) is 5.56 Å². The first-order valence-electron chi connectivity index (χ1n) is 10.0. The number of guanidine groups is 1. The number of carbonyl (C=O) groups is 1. The Hall–Kier alpha value is -3.02. The number of amides is 1. The van der Waals surface area contributed by atoms with E-state index in [0.29, 0.717) is 12.1 Å². The molecule has 3 N–H and O–H groups in total. The molecule has 0 unspecified atom stereocenters. The molecule has 0 saturated heterocycles. The average Bonchev–Trinajstić information content (AvgIpc) is 2.73. The highest BCUT2D eigenvalue weighted by Gasteiger charge is 2.05. The topological polar surface area (TPSA) is 74.8 Å². The smallest absolute Gasteiger partial charge is 0.251 e. The van der Waals surface area contributed by atoms with Gasteiger partial charge in [0.05, 0.1) is 7.11 Å². The van der Waals surface area contributed by atoms with E-state index in [0.717, 1.165) is 48.8 Å². The van der Waals surface area contributed by atoms with Gasteiger partial charge in [0.15, 0.2) is 5.96 Å². The van der Waals surface area contributed by atoms with E-state index in [1.54, 1.807) is 14.2 Å². The van der Waals surface area contributed by atoms with Crippen molar-refractivity contribution >= 4 is 11.9 Å². The van der Waals surface area contributed by atoms with Crippen LogP contribution < -0.4 is 20.7 Å². The van der Waals surface area contributed by atoms with Crippen molar-refractivity contribution in [1.29, 1.82) is 0 Å². The standard InChI is InChI=1S/C23H32N4O2/c1-5-25-23(27-14-12-19-15-17(2)9-10-21(19)29-4)26-13-11-18-7-6-8-20(16-18)22(28)24-3/h6-10,15-16H,5,11-14H2,1-4H3,(H,24,28)(H2,25,26,27). The summed E-state index contributed by atoms with van der Waals surface area (Å²) in [5, 5.41) is 9.30. The van der Waals surface area contributed by atoms with Crippen molar-refractivity contribution < 1.29 is 9.53 Å². The lowest BCUT2D eigenvalue weighted by Gasteiger charge is -2.12. The Morgan fingerprint density at radius 1 is 1.10 bits per heavy atom. The van der Waals surface area contributed by atoms with Crippen LogP contribution in [0.3, 0.4) is 0 Å². The summed E-state index contributed by atoms with van der Waals surface area (Å²) in [6.45, 7) is 6.33. The Labute approximate surface area is 173 Å². The van der Waals surface area contributed by atoms with Crippen LogP contribution in [0.2, 0.25) is 0 Å². The molecule has 2 aromatic carbocycles. The molecule has 0 heterocycles. The number of hydrogen-bond acceptors (Lipinski definition) is 3. The number of aliphatic imine (C=N–C) groups is 1. The van der Waals surface area contributed by atoms with E-state index >= 15 is 0 Å². The molecule has 0 spiro atoms. The van der Waals surface area contributed by atoms with E-state index in [9.17, 15) is 4.79 Å². The number of benzene rings is 2. The third-order valence-electron chi connectivity index (χ3n) is 4.55. The molecular weight excluding hydrogens is 364 g/mol. The molecule has 2 rings (SSSR count). The fourth-order valence-corrected chi connectivity index (χ4v) is 3.07. The first-order chi connectivity index (χ1) is 14.1. The summed E-state index contributed by atoms with van der Waals surface area (Å²) in [7, 11) is 3.34. The summed E-state index contributed by atoms with van der Waals surface area (Å²) in [4.78, 5) is 16.4. The quantitative estimate of drug-likeness (QED) is 0.450. The number of nitrogens with zero attached hydrogens (tertiary/aromatic N) is 1. The third-order valence-corrected chi connectivity index (χ3v) is 4.55. The molecule has 29 heavy (non-hydrogen) atoms. The molecule has 0 aliphatic rings. The largest absolute Gasteiger partial charge is 0.496 e. The first kappa shape index (κ1) is 22.3. The van der Waals surface area contributed by atoms with Crippen LogP contribution in [0.15, 0.2) is 47.5 Å². The second-order valence-corrected chi connectivity index (χ2v) is 6.78. The molecule has 0 bridgehead atoms. The average molecular weight is 397 g/mol. The van der Waals surface area contributed by atoms with E-state index in [2.05, 4.69) is 40.0 Å². The Morgan fingerprint density at radius 3 is 2.66 bits per heavy atom. The lowest BCUT2D eigenvalue weighted by atomic mass is 10.1. The maximum Gasteiger partial charge on any atom is 0.251 e. The van der Waals surface area contributed by atoms with Gasteiger partial charge in [0, 0.05) is 32.2 Å². The number of hydrogen-bond donors (Lipinski definition) is 3. The van der Waals surface area contributed by atoms with Crippen LogP contribution in [-0.4, -0.2) is 45.7 Å². The van der Waals surface area contributed by atoms with Gasteiger partial charge >= 0.3 is 0 Å². The van der Waals surface area contributed by atoms with Crippen molar-refractivity contribution in [2.75, 3.05) is 33.8 Å². The van der Waals surface area contributed by atoms with Crippen molar-refractivity contribution in [2.45, 2.75) is 26.7 Å². The number of ether oxygens (including phenoxy) is 1. The molecular formula is C23H32N4O2. The highest BCUT2D eigenvalue weighted by molar-refractivity contribution is 5.94. The number of methoxy groups -OCH3 is 1. The number of aryl methyl sites for hydroxylation is 1. The van der Waals surface area contributed by atoms with Crippen LogP contribution in [0.1, 0.15) is 34.0 Å². The molecule has 156 valence electrons. The summed E-state index contributed by atoms with van der Waals surface area (Å²) < 4.78 is 5.45. The maximum absolute atomic E-state index is 11.8. The van der Waals surface area contributed by atoms with Gasteiger partial charge in [-0.05, 0) is 56.0 Å². The summed E-state index contributed by atoms with van der Waals surface area (Å²) >= 11 is 0. The molecule has 2 aromatic rings. The highest BCUT2D eigenvalue weighted by atomic mass is 16.5.